The molecule has 2 atom stereocenters. The Morgan fingerprint density at radius 2 is 1.88 bits per heavy atom. The fourth-order valence-electron chi connectivity index (χ4n) is 1.35. The SMILES string of the molecule is CS(=O)(=O)c1ccccc1C(O)C(O)CBr. The van der Waals surface area contributed by atoms with Gasteiger partial charge in [0.1, 0.15) is 6.10 Å². The number of sulfone groups is 1. The van der Waals surface area contributed by atoms with Crippen molar-refractivity contribution in [3.05, 3.63) is 29.8 Å². The molecule has 16 heavy (non-hydrogen) atoms. The van der Waals surface area contributed by atoms with Gasteiger partial charge in [0.05, 0.1) is 11.0 Å². The highest BCUT2D eigenvalue weighted by Gasteiger charge is 2.23. The minimum Gasteiger partial charge on any atom is -0.389 e. The molecule has 2 unspecified atom stereocenters. The molecule has 0 heterocycles. The van der Waals surface area contributed by atoms with Gasteiger partial charge in [0, 0.05) is 17.1 Å². The molecule has 1 aromatic rings. The summed E-state index contributed by atoms with van der Waals surface area (Å²) in [5.74, 6) is 0. The predicted octanol–water partition coefficient (Wildman–Crippen LogP) is 0.879. The molecule has 1 rings (SSSR count). The van der Waals surface area contributed by atoms with E-state index in [0.29, 0.717) is 0 Å². The molecular formula is C10H13BrO4S. The largest absolute Gasteiger partial charge is 0.389 e. The number of hydrogen-bond donors (Lipinski definition) is 2. The van der Waals surface area contributed by atoms with E-state index in [1.54, 1.807) is 12.1 Å². The number of alkyl halides is 1. The molecular weight excluding hydrogens is 296 g/mol. The zero-order valence-electron chi connectivity index (χ0n) is 8.67. The van der Waals surface area contributed by atoms with E-state index in [9.17, 15) is 18.6 Å². The summed E-state index contributed by atoms with van der Waals surface area (Å²) in [6.07, 6.45) is -1.19. The van der Waals surface area contributed by atoms with Crippen LogP contribution in [0.25, 0.3) is 0 Å². The molecule has 0 aromatic heterocycles. The lowest BCUT2D eigenvalue weighted by Gasteiger charge is -2.18. The number of hydrogen-bond acceptors (Lipinski definition) is 4. The molecule has 4 nitrogen and oxygen atoms in total. The maximum Gasteiger partial charge on any atom is 0.175 e. The summed E-state index contributed by atoms with van der Waals surface area (Å²) in [7, 11) is -3.41. The van der Waals surface area contributed by atoms with Gasteiger partial charge in [-0.15, -0.1) is 0 Å². The molecule has 0 aliphatic carbocycles. The van der Waals surface area contributed by atoms with E-state index in [1.807, 2.05) is 0 Å². The summed E-state index contributed by atoms with van der Waals surface area (Å²) in [5, 5.41) is 19.4. The topological polar surface area (TPSA) is 74.6 Å². The van der Waals surface area contributed by atoms with Crippen molar-refractivity contribution in [2.75, 3.05) is 11.6 Å². The average Bonchev–Trinajstić information content (AvgIpc) is 2.26. The van der Waals surface area contributed by atoms with Crippen LogP contribution in [0.15, 0.2) is 29.2 Å². The third kappa shape index (κ3) is 3.04. The first-order valence-electron chi connectivity index (χ1n) is 4.59. The van der Waals surface area contributed by atoms with Crippen LogP contribution in [0.1, 0.15) is 11.7 Å². The van der Waals surface area contributed by atoms with Crippen molar-refractivity contribution in [3.8, 4) is 0 Å². The Labute approximate surface area is 103 Å². The summed E-state index contributed by atoms with van der Waals surface area (Å²) in [6, 6.07) is 6.10. The number of aliphatic hydroxyl groups excluding tert-OH is 2. The first-order chi connectivity index (χ1) is 7.38. The van der Waals surface area contributed by atoms with Crippen LogP contribution in [0.4, 0.5) is 0 Å². The van der Waals surface area contributed by atoms with E-state index in [2.05, 4.69) is 15.9 Å². The summed E-state index contributed by atoms with van der Waals surface area (Å²) in [6.45, 7) is 0. The van der Waals surface area contributed by atoms with E-state index in [-0.39, 0.29) is 15.8 Å². The van der Waals surface area contributed by atoms with E-state index >= 15 is 0 Å². The van der Waals surface area contributed by atoms with Gasteiger partial charge >= 0.3 is 0 Å². The fraction of sp³-hybridized carbons (Fsp3) is 0.400. The van der Waals surface area contributed by atoms with Crippen LogP contribution < -0.4 is 0 Å². The molecule has 0 aliphatic heterocycles. The lowest BCUT2D eigenvalue weighted by Crippen LogP contribution is -2.21. The lowest BCUT2D eigenvalue weighted by molar-refractivity contribution is 0.0325. The van der Waals surface area contributed by atoms with Crippen LogP contribution >= 0.6 is 15.9 Å². The predicted molar refractivity (Wildman–Crippen MR) is 64.3 cm³/mol. The highest BCUT2D eigenvalue weighted by Crippen LogP contribution is 2.25. The van der Waals surface area contributed by atoms with Crippen LogP contribution in [-0.2, 0) is 9.84 Å². The fourth-order valence-corrected chi connectivity index (χ4v) is 2.65. The van der Waals surface area contributed by atoms with Gasteiger partial charge in [0.15, 0.2) is 9.84 Å². The van der Waals surface area contributed by atoms with Crippen molar-refractivity contribution >= 4 is 25.8 Å². The highest BCUT2D eigenvalue weighted by molar-refractivity contribution is 9.09. The van der Waals surface area contributed by atoms with Crippen molar-refractivity contribution < 1.29 is 18.6 Å². The molecule has 0 amide bonds. The van der Waals surface area contributed by atoms with E-state index in [4.69, 9.17) is 0 Å². The molecule has 0 bridgehead atoms. The number of aliphatic hydroxyl groups is 2. The van der Waals surface area contributed by atoms with Crippen LogP contribution in [0.3, 0.4) is 0 Å². The van der Waals surface area contributed by atoms with Gasteiger partial charge in [-0.2, -0.15) is 0 Å². The lowest BCUT2D eigenvalue weighted by atomic mass is 10.1. The standard InChI is InChI=1S/C10H13BrO4S/c1-16(14,15)9-5-3-2-4-7(9)10(13)8(12)6-11/h2-5,8,10,12-13H,6H2,1H3. The van der Waals surface area contributed by atoms with Gasteiger partial charge < -0.3 is 10.2 Å². The van der Waals surface area contributed by atoms with Gasteiger partial charge in [0.2, 0.25) is 0 Å². The number of rotatable bonds is 4. The van der Waals surface area contributed by atoms with Crippen molar-refractivity contribution in [1.82, 2.24) is 0 Å². The number of halogens is 1. The molecule has 0 saturated carbocycles. The highest BCUT2D eigenvalue weighted by atomic mass is 79.9. The zero-order chi connectivity index (χ0) is 12.3. The molecule has 90 valence electrons. The van der Waals surface area contributed by atoms with E-state index in [1.165, 1.54) is 12.1 Å². The minimum atomic E-state index is -3.41. The second-order valence-corrected chi connectivity index (χ2v) is 6.11. The molecule has 1 aromatic carbocycles. The molecule has 0 aliphatic rings. The Bertz CT molecular complexity index is 458. The second kappa shape index (κ2) is 5.27. The van der Waals surface area contributed by atoms with Crippen molar-refractivity contribution in [1.29, 1.82) is 0 Å². The smallest absolute Gasteiger partial charge is 0.175 e. The molecule has 6 heteroatoms. The van der Waals surface area contributed by atoms with Crippen molar-refractivity contribution in [3.63, 3.8) is 0 Å². The monoisotopic (exact) mass is 308 g/mol. The molecule has 0 spiro atoms. The number of benzene rings is 1. The Kier molecular flexibility index (Phi) is 4.49. The quantitative estimate of drug-likeness (QED) is 0.810. The zero-order valence-corrected chi connectivity index (χ0v) is 11.1. The first kappa shape index (κ1) is 13.6. The maximum atomic E-state index is 11.5. The van der Waals surface area contributed by atoms with E-state index < -0.39 is 22.0 Å². The van der Waals surface area contributed by atoms with Crippen molar-refractivity contribution in [2.45, 2.75) is 17.1 Å². The van der Waals surface area contributed by atoms with Crippen molar-refractivity contribution in [2.24, 2.45) is 0 Å². The molecule has 0 saturated heterocycles. The molecule has 0 fully saturated rings. The minimum absolute atomic E-state index is 0.0440. The summed E-state index contributed by atoms with van der Waals surface area (Å²) < 4.78 is 22.9. The average molecular weight is 309 g/mol. The Hall–Kier alpha value is -0.430. The summed E-state index contributed by atoms with van der Waals surface area (Å²) in [4.78, 5) is 0.0440. The van der Waals surface area contributed by atoms with Gasteiger partial charge in [-0.05, 0) is 6.07 Å². The summed E-state index contributed by atoms with van der Waals surface area (Å²) >= 11 is 3.03. The Balaban J connectivity index is 3.24. The second-order valence-electron chi connectivity index (χ2n) is 3.48. The van der Waals surface area contributed by atoms with Crippen LogP contribution in [0.2, 0.25) is 0 Å². The first-order valence-corrected chi connectivity index (χ1v) is 7.60. The Morgan fingerprint density at radius 1 is 1.31 bits per heavy atom. The maximum absolute atomic E-state index is 11.5. The van der Waals surface area contributed by atoms with Crippen LogP contribution in [-0.4, -0.2) is 36.3 Å². The third-order valence-electron chi connectivity index (χ3n) is 2.16. The third-order valence-corrected chi connectivity index (χ3v) is 3.99. The molecule has 0 radical (unpaired) electrons. The van der Waals surface area contributed by atoms with E-state index in [0.717, 1.165) is 6.26 Å². The molecule has 2 N–H and O–H groups in total. The van der Waals surface area contributed by atoms with Crippen LogP contribution in [0, 0.1) is 0 Å². The Morgan fingerprint density at radius 3 is 2.38 bits per heavy atom. The normalized spacial score (nSPS) is 15.8. The van der Waals surface area contributed by atoms with Gasteiger partial charge in [-0.25, -0.2) is 8.42 Å². The van der Waals surface area contributed by atoms with Crippen LogP contribution in [0.5, 0.6) is 0 Å². The van der Waals surface area contributed by atoms with Gasteiger partial charge in [-0.3, -0.25) is 0 Å². The van der Waals surface area contributed by atoms with Gasteiger partial charge in [0.25, 0.3) is 0 Å². The van der Waals surface area contributed by atoms with Gasteiger partial charge in [-0.1, -0.05) is 34.1 Å². The summed E-state index contributed by atoms with van der Waals surface area (Å²) in [5.41, 5.74) is 0.219.